The van der Waals surface area contributed by atoms with E-state index in [-0.39, 0.29) is 28.8 Å². The lowest BCUT2D eigenvalue weighted by atomic mass is 9.88. The third-order valence-electron chi connectivity index (χ3n) is 5.32. The van der Waals surface area contributed by atoms with Crippen LogP contribution in [0.25, 0.3) is 0 Å². The van der Waals surface area contributed by atoms with Gasteiger partial charge in [0.2, 0.25) is 5.09 Å². The Morgan fingerprint density at radius 3 is 2.44 bits per heavy atom. The average molecular weight is 364 g/mol. The van der Waals surface area contributed by atoms with Crippen LogP contribution in [0.4, 0.5) is 0 Å². The van der Waals surface area contributed by atoms with E-state index in [2.05, 4.69) is 5.10 Å². The Labute approximate surface area is 145 Å². The molecule has 134 valence electrons. The number of amides is 1. The number of aromatic nitrogens is 2. The molecule has 4 rings (SSSR count). The molecule has 2 bridgehead atoms. The highest BCUT2D eigenvalue weighted by atomic mass is 32.2. The molecule has 0 saturated carbocycles. The van der Waals surface area contributed by atoms with Gasteiger partial charge in [0.25, 0.3) is 15.9 Å². The highest BCUT2D eigenvalue weighted by Gasteiger charge is 2.45. The SMILES string of the molecule is Cn1nccc1C1CC2CCC(C1)N2C(=O)c1ccc(S(N)(=O)=O)o1. The Morgan fingerprint density at radius 2 is 1.92 bits per heavy atom. The van der Waals surface area contributed by atoms with Crippen LogP contribution in [0.1, 0.15) is 47.8 Å². The Morgan fingerprint density at radius 1 is 1.24 bits per heavy atom. The van der Waals surface area contributed by atoms with Crippen molar-refractivity contribution in [1.29, 1.82) is 0 Å². The molecule has 2 aliphatic rings. The van der Waals surface area contributed by atoms with E-state index in [0.29, 0.717) is 5.92 Å². The lowest BCUT2D eigenvalue weighted by Gasteiger charge is -2.38. The maximum atomic E-state index is 12.8. The van der Waals surface area contributed by atoms with Gasteiger partial charge in [-0.05, 0) is 43.9 Å². The molecule has 9 heteroatoms. The fourth-order valence-electron chi connectivity index (χ4n) is 4.25. The van der Waals surface area contributed by atoms with Crippen LogP contribution in [-0.2, 0) is 17.1 Å². The Bertz CT molecular complexity index is 902. The van der Waals surface area contributed by atoms with Crippen molar-refractivity contribution in [3.8, 4) is 0 Å². The molecular weight excluding hydrogens is 344 g/mol. The first kappa shape index (κ1) is 16.3. The van der Waals surface area contributed by atoms with E-state index < -0.39 is 10.0 Å². The van der Waals surface area contributed by atoms with E-state index in [0.717, 1.165) is 25.7 Å². The third-order valence-corrected chi connectivity index (χ3v) is 6.10. The molecule has 2 N–H and O–H groups in total. The Kier molecular flexibility index (Phi) is 3.73. The molecule has 2 fully saturated rings. The number of carbonyl (C=O) groups is 1. The maximum absolute atomic E-state index is 12.8. The highest BCUT2D eigenvalue weighted by molar-refractivity contribution is 7.89. The maximum Gasteiger partial charge on any atom is 0.290 e. The van der Waals surface area contributed by atoms with Crippen molar-refractivity contribution in [2.24, 2.45) is 12.2 Å². The van der Waals surface area contributed by atoms with E-state index in [9.17, 15) is 13.2 Å². The van der Waals surface area contributed by atoms with Gasteiger partial charge in [0.05, 0.1) is 0 Å². The third kappa shape index (κ3) is 2.77. The van der Waals surface area contributed by atoms with Crippen LogP contribution < -0.4 is 5.14 Å². The average Bonchev–Trinajstić information content (AvgIpc) is 3.24. The smallest absolute Gasteiger partial charge is 0.290 e. The second-order valence-corrected chi connectivity index (χ2v) is 8.30. The van der Waals surface area contributed by atoms with Gasteiger partial charge in [-0.1, -0.05) is 0 Å². The predicted octanol–water partition coefficient (Wildman–Crippen LogP) is 1.21. The molecule has 0 aliphatic carbocycles. The molecule has 2 aromatic rings. The zero-order valence-corrected chi connectivity index (χ0v) is 14.6. The van der Waals surface area contributed by atoms with Crippen molar-refractivity contribution >= 4 is 15.9 Å². The van der Waals surface area contributed by atoms with Crippen LogP contribution in [0, 0.1) is 0 Å². The van der Waals surface area contributed by atoms with Gasteiger partial charge in [-0.15, -0.1) is 0 Å². The van der Waals surface area contributed by atoms with Crippen molar-refractivity contribution in [3.05, 3.63) is 35.9 Å². The Hall–Kier alpha value is -2.13. The number of hydrogen-bond donors (Lipinski definition) is 1. The molecule has 2 atom stereocenters. The minimum Gasteiger partial charge on any atom is -0.438 e. The Balaban J connectivity index is 1.56. The first-order chi connectivity index (χ1) is 11.8. The summed E-state index contributed by atoms with van der Waals surface area (Å²) in [6, 6.07) is 4.91. The first-order valence-corrected chi connectivity index (χ1v) is 9.82. The standard InChI is InChI=1S/C16H20N4O4S/c1-19-13(6-7-18-19)10-8-11-2-3-12(9-10)20(11)16(21)14-4-5-15(24-14)25(17,22)23/h4-7,10-12H,2-3,8-9H2,1H3,(H2,17,22,23). The van der Waals surface area contributed by atoms with Gasteiger partial charge in [-0.2, -0.15) is 5.10 Å². The lowest BCUT2D eigenvalue weighted by Crippen LogP contribution is -2.46. The molecule has 2 unspecified atom stereocenters. The summed E-state index contributed by atoms with van der Waals surface area (Å²) in [5.41, 5.74) is 1.19. The zero-order valence-electron chi connectivity index (χ0n) is 13.8. The number of furan rings is 1. The number of fused-ring (bicyclic) bond motifs is 2. The van der Waals surface area contributed by atoms with Gasteiger partial charge in [-0.25, -0.2) is 13.6 Å². The van der Waals surface area contributed by atoms with Crippen molar-refractivity contribution in [2.45, 2.75) is 48.8 Å². The summed E-state index contributed by atoms with van der Waals surface area (Å²) in [6.45, 7) is 0. The number of aryl methyl sites for hydroxylation is 1. The van der Waals surface area contributed by atoms with Crippen molar-refractivity contribution in [3.63, 3.8) is 0 Å². The van der Waals surface area contributed by atoms with Gasteiger partial charge in [0, 0.05) is 36.9 Å². The molecule has 2 saturated heterocycles. The summed E-state index contributed by atoms with van der Waals surface area (Å²) in [4.78, 5) is 14.7. The molecule has 2 aromatic heterocycles. The largest absolute Gasteiger partial charge is 0.438 e. The van der Waals surface area contributed by atoms with Crippen LogP contribution in [0.5, 0.6) is 0 Å². The van der Waals surface area contributed by atoms with Crippen molar-refractivity contribution in [1.82, 2.24) is 14.7 Å². The fourth-order valence-corrected chi connectivity index (χ4v) is 4.71. The summed E-state index contributed by atoms with van der Waals surface area (Å²) < 4.78 is 29.8. The number of hydrogen-bond acceptors (Lipinski definition) is 5. The van der Waals surface area contributed by atoms with Crippen LogP contribution in [-0.4, -0.2) is 41.1 Å². The second kappa shape index (κ2) is 5.70. The molecule has 0 radical (unpaired) electrons. The van der Waals surface area contributed by atoms with Gasteiger partial charge in [0.1, 0.15) is 0 Å². The van der Waals surface area contributed by atoms with E-state index in [1.807, 2.05) is 22.7 Å². The van der Waals surface area contributed by atoms with Gasteiger partial charge < -0.3 is 9.32 Å². The van der Waals surface area contributed by atoms with E-state index in [4.69, 9.17) is 9.56 Å². The molecule has 0 aromatic carbocycles. The van der Waals surface area contributed by atoms with Gasteiger partial charge in [-0.3, -0.25) is 9.48 Å². The molecular formula is C16H20N4O4S. The predicted molar refractivity (Wildman–Crippen MR) is 88.2 cm³/mol. The van der Waals surface area contributed by atoms with Crippen molar-refractivity contribution < 1.29 is 17.6 Å². The quantitative estimate of drug-likeness (QED) is 0.880. The highest BCUT2D eigenvalue weighted by Crippen LogP contribution is 2.43. The van der Waals surface area contributed by atoms with Gasteiger partial charge >= 0.3 is 0 Å². The van der Waals surface area contributed by atoms with Crippen LogP contribution in [0.3, 0.4) is 0 Å². The van der Waals surface area contributed by atoms with E-state index in [1.54, 1.807) is 6.20 Å². The minimum atomic E-state index is -3.95. The summed E-state index contributed by atoms with van der Waals surface area (Å²) in [6.07, 6.45) is 5.46. The number of carbonyl (C=O) groups excluding carboxylic acids is 1. The molecule has 0 spiro atoms. The number of piperidine rings is 1. The summed E-state index contributed by atoms with van der Waals surface area (Å²) in [5, 5.41) is 8.91. The summed E-state index contributed by atoms with van der Waals surface area (Å²) in [5.74, 6) is 0.149. The van der Waals surface area contributed by atoms with Crippen LogP contribution >= 0.6 is 0 Å². The fraction of sp³-hybridized carbons (Fsp3) is 0.500. The molecule has 2 aliphatic heterocycles. The molecule has 1 amide bonds. The minimum absolute atomic E-state index is 0.0277. The number of rotatable bonds is 3. The number of nitrogens with two attached hydrogens (primary N) is 1. The van der Waals surface area contributed by atoms with Crippen LogP contribution in [0.15, 0.2) is 33.9 Å². The summed E-state index contributed by atoms with van der Waals surface area (Å²) >= 11 is 0. The van der Waals surface area contributed by atoms with E-state index >= 15 is 0 Å². The first-order valence-electron chi connectivity index (χ1n) is 8.28. The number of primary sulfonamides is 1. The normalized spacial score (nSPS) is 26.2. The van der Waals surface area contributed by atoms with Crippen molar-refractivity contribution in [2.75, 3.05) is 0 Å². The number of nitrogens with zero attached hydrogens (tertiary/aromatic N) is 3. The molecule has 25 heavy (non-hydrogen) atoms. The lowest BCUT2D eigenvalue weighted by molar-refractivity contribution is 0.0530. The summed E-state index contributed by atoms with van der Waals surface area (Å²) in [7, 11) is -2.01. The number of sulfonamides is 1. The monoisotopic (exact) mass is 364 g/mol. The van der Waals surface area contributed by atoms with Gasteiger partial charge in [0.15, 0.2) is 5.76 Å². The van der Waals surface area contributed by atoms with Crippen LogP contribution in [0.2, 0.25) is 0 Å². The second-order valence-electron chi connectivity index (χ2n) is 6.81. The van der Waals surface area contributed by atoms with E-state index in [1.165, 1.54) is 17.8 Å². The topological polar surface area (TPSA) is 111 Å². The molecule has 4 heterocycles. The molecule has 8 nitrogen and oxygen atoms in total. The zero-order chi connectivity index (χ0) is 17.8.